The van der Waals surface area contributed by atoms with E-state index in [1.54, 1.807) is 23.7 Å². The summed E-state index contributed by atoms with van der Waals surface area (Å²) in [6, 6.07) is 9.04. The molecular weight excluding hydrogens is 332 g/mol. The molecule has 7 heteroatoms. The molecular formula is C16H13ClN4OS. The van der Waals surface area contributed by atoms with Crippen LogP contribution < -0.4 is 5.56 Å². The van der Waals surface area contributed by atoms with Crippen LogP contribution in [0.4, 0.5) is 0 Å². The van der Waals surface area contributed by atoms with Crippen molar-refractivity contribution in [2.24, 2.45) is 7.05 Å². The molecule has 4 rings (SSSR count). The van der Waals surface area contributed by atoms with Crippen LogP contribution in [0.25, 0.3) is 10.9 Å². The summed E-state index contributed by atoms with van der Waals surface area (Å²) in [5, 5.41) is 2.34. The van der Waals surface area contributed by atoms with Gasteiger partial charge in [0.15, 0.2) is 5.16 Å². The van der Waals surface area contributed by atoms with E-state index in [0.717, 1.165) is 18.7 Å². The van der Waals surface area contributed by atoms with Gasteiger partial charge in [0.05, 0.1) is 10.9 Å². The first-order chi connectivity index (χ1) is 11.1. The minimum absolute atomic E-state index is 0.0688. The monoisotopic (exact) mass is 344 g/mol. The van der Waals surface area contributed by atoms with Crippen LogP contribution in [-0.2, 0) is 7.05 Å². The molecule has 5 nitrogen and oxygen atoms in total. The second-order valence-electron chi connectivity index (χ2n) is 5.54. The van der Waals surface area contributed by atoms with E-state index in [1.807, 2.05) is 18.2 Å². The molecule has 0 amide bonds. The lowest BCUT2D eigenvalue weighted by molar-refractivity contribution is 0.724. The highest BCUT2D eigenvalue weighted by Gasteiger charge is 2.27. The molecule has 2 heterocycles. The molecule has 0 bridgehead atoms. The van der Waals surface area contributed by atoms with Crippen LogP contribution in [0.1, 0.15) is 24.6 Å². The van der Waals surface area contributed by atoms with Crippen LogP contribution in [-0.4, -0.2) is 19.5 Å². The van der Waals surface area contributed by atoms with Crippen LogP contribution in [0.2, 0.25) is 5.15 Å². The lowest BCUT2D eigenvalue weighted by Crippen LogP contribution is -2.19. The van der Waals surface area contributed by atoms with Crippen LogP contribution in [0.15, 0.2) is 45.3 Å². The quantitative estimate of drug-likeness (QED) is 0.538. The van der Waals surface area contributed by atoms with Crippen molar-refractivity contribution in [2.75, 3.05) is 0 Å². The third kappa shape index (κ3) is 2.84. The summed E-state index contributed by atoms with van der Waals surface area (Å²) in [6.45, 7) is 0. The van der Waals surface area contributed by atoms with E-state index in [2.05, 4.69) is 15.0 Å². The van der Waals surface area contributed by atoms with Crippen LogP contribution in [0, 0.1) is 0 Å². The van der Waals surface area contributed by atoms with Crippen molar-refractivity contribution in [1.82, 2.24) is 19.5 Å². The predicted molar refractivity (Wildman–Crippen MR) is 90.1 cm³/mol. The zero-order valence-electron chi connectivity index (χ0n) is 12.4. The SMILES string of the molecule is Cn1c(Sc2cc(Cl)nc(C3CC3)n2)nc2ccccc2c1=O. The summed E-state index contributed by atoms with van der Waals surface area (Å²) in [6.07, 6.45) is 2.22. The van der Waals surface area contributed by atoms with E-state index in [4.69, 9.17) is 11.6 Å². The fourth-order valence-electron chi connectivity index (χ4n) is 2.37. The van der Waals surface area contributed by atoms with Gasteiger partial charge in [0.2, 0.25) is 0 Å². The topological polar surface area (TPSA) is 60.7 Å². The van der Waals surface area contributed by atoms with Gasteiger partial charge in [-0.1, -0.05) is 23.7 Å². The fourth-order valence-corrected chi connectivity index (χ4v) is 3.49. The Labute approximate surface area is 141 Å². The molecule has 0 atom stereocenters. The summed E-state index contributed by atoms with van der Waals surface area (Å²) in [5.41, 5.74) is 0.612. The zero-order chi connectivity index (χ0) is 16.0. The van der Waals surface area contributed by atoms with Gasteiger partial charge in [-0.05, 0) is 36.7 Å². The average molecular weight is 345 g/mol. The summed E-state index contributed by atoms with van der Waals surface area (Å²) in [4.78, 5) is 25.8. The maximum atomic E-state index is 12.4. The van der Waals surface area contributed by atoms with E-state index >= 15 is 0 Å². The van der Waals surface area contributed by atoms with Gasteiger partial charge in [-0.25, -0.2) is 15.0 Å². The first-order valence-corrected chi connectivity index (χ1v) is 8.49. The Kier molecular flexibility index (Phi) is 3.58. The summed E-state index contributed by atoms with van der Waals surface area (Å²) in [7, 11) is 1.72. The van der Waals surface area contributed by atoms with Gasteiger partial charge in [-0.15, -0.1) is 0 Å². The second-order valence-corrected chi connectivity index (χ2v) is 6.91. The van der Waals surface area contributed by atoms with E-state index in [9.17, 15) is 4.79 Å². The molecule has 0 N–H and O–H groups in total. The minimum atomic E-state index is -0.0688. The molecule has 1 fully saturated rings. The number of nitrogens with zero attached hydrogens (tertiary/aromatic N) is 4. The Balaban J connectivity index is 1.78. The first-order valence-electron chi connectivity index (χ1n) is 7.30. The summed E-state index contributed by atoms with van der Waals surface area (Å²) in [5.74, 6) is 1.20. The van der Waals surface area contributed by atoms with Gasteiger partial charge in [0.25, 0.3) is 5.56 Å². The Morgan fingerprint density at radius 3 is 2.78 bits per heavy atom. The average Bonchev–Trinajstić information content (AvgIpc) is 3.37. The van der Waals surface area contributed by atoms with Crippen LogP contribution >= 0.6 is 23.4 Å². The third-order valence-electron chi connectivity index (χ3n) is 3.77. The van der Waals surface area contributed by atoms with Crippen LogP contribution in [0.5, 0.6) is 0 Å². The van der Waals surface area contributed by atoms with Crippen molar-refractivity contribution in [3.05, 3.63) is 51.7 Å². The standard InChI is InChI=1S/C16H13ClN4OS/c1-21-15(22)10-4-2-3-5-11(10)18-16(21)23-13-8-12(17)19-14(20-13)9-6-7-9/h2-5,8-9H,6-7H2,1H3. The van der Waals surface area contributed by atoms with Crippen molar-refractivity contribution >= 4 is 34.3 Å². The predicted octanol–water partition coefficient (Wildman–Crippen LogP) is 3.41. The summed E-state index contributed by atoms with van der Waals surface area (Å²) < 4.78 is 1.54. The molecule has 1 aliphatic carbocycles. The highest BCUT2D eigenvalue weighted by molar-refractivity contribution is 7.99. The van der Waals surface area contributed by atoms with Gasteiger partial charge in [0, 0.05) is 19.0 Å². The van der Waals surface area contributed by atoms with Crippen LogP contribution in [0.3, 0.4) is 0 Å². The van der Waals surface area contributed by atoms with Crippen molar-refractivity contribution < 1.29 is 0 Å². The third-order valence-corrected chi connectivity index (χ3v) is 4.93. The lowest BCUT2D eigenvalue weighted by atomic mass is 10.2. The van der Waals surface area contributed by atoms with Gasteiger partial charge < -0.3 is 0 Å². The molecule has 1 saturated carbocycles. The Bertz CT molecular complexity index is 968. The van der Waals surface area contributed by atoms with Gasteiger partial charge in [-0.2, -0.15) is 0 Å². The second kappa shape index (κ2) is 5.62. The van der Waals surface area contributed by atoms with E-state index in [1.165, 1.54) is 11.8 Å². The molecule has 0 saturated heterocycles. The van der Waals surface area contributed by atoms with Gasteiger partial charge in [0.1, 0.15) is 16.0 Å². The number of para-hydroxylation sites is 1. The number of benzene rings is 1. The molecule has 116 valence electrons. The Hall–Kier alpha value is -1.92. The van der Waals surface area contributed by atoms with Crippen molar-refractivity contribution in [3.63, 3.8) is 0 Å². The van der Waals surface area contributed by atoms with Crippen molar-refractivity contribution in [3.8, 4) is 0 Å². The largest absolute Gasteiger partial charge is 0.290 e. The maximum absolute atomic E-state index is 12.4. The number of rotatable bonds is 3. The van der Waals surface area contributed by atoms with E-state index in [-0.39, 0.29) is 5.56 Å². The van der Waals surface area contributed by atoms with E-state index in [0.29, 0.717) is 32.2 Å². The number of aromatic nitrogens is 4. The zero-order valence-corrected chi connectivity index (χ0v) is 13.9. The smallest absolute Gasteiger partial charge is 0.261 e. The number of halogens is 1. The van der Waals surface area contributed by atoms with Crippen molar-refractivity contribution in [2.45, 2.75) is 28.9 Å². The highest BCUT2D eigenvalue weighted by atomic mass is 35.5. The molecule has 1 aromatic carbocycles. The van der Waals surface area contributed by atoms with Gasteiger partial charge in [-0.3, -0.25) is 9.36 Å². The molecule has 23 heavy (non-hydrogen) atoms. The number of hydrogen-bond acceptors (Lipinski definition) is 5. The number of fused-ring (bicyclic) bond motifs is 1. The molecule has 3 aromatic rings. The minimum Gasteiger partial charge on any atom is -0.290 e. The molecule has 1 aliphatic rings. The molecule has 0 spiro atoms. The lowest BCUT2D eigenvalue weighted by Gasteiger charge is -2.09. The van der Waals surface area contributed by atoms with Crippen molar-refractivity contribution in [1.29, 1.82) is 0 Å². The highest BCUT2D eigenvalue weighted by Crippen LogP contribution is 2.39. The molecule has 0 aliphatic heterocycles. The maximum Gasteiger partial charge on any atom is 0.261 e. The molecule has 0 unspecified atom stereocenters. The Morgan fingerprint density at radius 1 is 1.22 bits per heavy atom. The fraction of sp³-hybridized carbons (Fsp3) is 0.250. The molecule has 0 radical (unpaired) electrons. The first kappa shape index (κ1) is 14.7. The van der Waals surface area contributed by atoms with Gasteiger partial charge >= 0.3 is 0 Å². The normalized spacial score (nSPS) is 14.3. The number of hydrogen-bond donors (Lipinski definition) is 0. The Morgan fingerprint density at radius 2 is 2.00 bits per heavy atom. The summed E-state index contributed by atoms with van der Waals surface area (Å²) >= 11 is 7.43. The van der Waals surface area contributed by atoms with E-state index < -0.39 is 0 Å². The molecule has 2 aromatic heterocycles.